The Kier molecular flexibility index (Phi) is 4.05. The standard InChI is InChI=1S/C13H15F4NO/c1-12(2,18(3)4)11(19)8-5-6-10(14)9(7-8)13(15,16)17/h5-7H,1-4H3. The maximum absolute atomic E-state index is 13.1. The van der Waals surface area contributed by atoms with Crippen molar-refractivity contribution in [2.75, 3.05) is 14.1 Å². The summed E-state index contributed by atoms with van der Waals surface area (Å²) in [6.45, 7) is 3.18. The summed E-state index contributed by atoms with van der Waals surface area (Å²) in [6.07, 6.45) is -4.82. The minimum atomic E-state index is -4.82. The highest BCUT2D eigenvalue weighted by Crippen LogP contribution is 2.32. The quantitative estimate of drug-likeness (QED) is 0.623. The second-order valence-corrected chi connectivity index (χ2v) is 4.97. The van der Waals surface area contributed by atoms with E-state index in [9.17, 15) is 22.4 Å². The molecule has 0 amide bonds. The number of benzene rings is 1. The fourth-order valence-electron chi connectivity index (χ4n) is 1.44. The molecule has 0 saturated carbocycles. The fourth-order valence-corrected chi connectivity index (χ4v) is 1.44. The fraction of sp³-hybridized carbons (Fsp3) is 0.462. The Bertz CT molecular complexity index is 492. The van der Waals surface area contributed by atoms with Crippen LogP contribution in [0.4, 0.5) is 17.6 Å². The van der Waals surface area contributed by atoms with Crippen LogP contribution in [0.1, 0.15) is 29.8 Å². The first kappa shape index (κ1) is 15.6. The molecule has 0 atom stereocenters. The van der Waals surface area contributed by atoms with E-state index in [2.05, 4.69) is 0 Å². The highest BCUT2D eigenvalue weighted by atomic mass is 19.4. The lowest BCUT2D eigenvalue weighted by atomic mass is 9.91. The van der Waals surface area contributed by atoms with E-state index in [1.165, 1.54) is 0 Å². The Balaban J connectivity index is 3.28. The molecule has 0 aliphatic heterocycles. The Morgan fingerprint density at radius 2 is 1.68 bits per heavy atom. The summed E-state index contributed by atoms with van der Waals surface area (Å²) in [6, 6.07) is 2.29. The van der Waals surface area contributed by atoms with Gasteiger partial charge in [0.15, 0.2) is 5.78 Å². The van der Waals surface area contributed by atoms with Crippen LogP contribution in [0.25, 0.3) is 0 Å². The van der Waals surface area contributed by atoms with Gasteiger partial charge in [0.1, 0.15) is 5.82 Å². The zero-order valence-electron chi connectivity index (χ0n) is 11.1. The molecule has 0 aromatic heterocycles. The van der Waals surface area contributed by atoms with Gasteiger partial charge in [0, 0.05) is 5.56 Å². The van der Waals surface area contributed by atoms with E-state index in [0.29, 0.717) is 12.1 Å². The molecule has 0 fully saturated rings. The summed E-state index contributed by atoms with van der Waals surface area (Å²) in [4.78, 5) is 13.8. The Hall–Kier alpha value is -1.43. The van der Waals surface area contributed by atoms with Gasteiger partial charge in [0.2, 0.25) is 0 Å². The third-order valence-electron chi connectivity index (χ3n) is 3.21. The molecule has 2 nitrogen and oxygen atoms in total. The Morgan fingerprint density at radius 1 is 1.16 bits per heavy atom. The first-order valence-corrected chi connectivity index (χ1v) is 5.57. The van der Waals surface area contributed by atoms with Crippen molar-refractivity contribution in [3.8, 4) is 0 Å². The zero-order chi connectivity index (χ0) is 15.0. The molecule has 0 saturated heterocycles. The first-order valence-electron chi connectivity index (χ1n) is 5.57. The minimum absolute atomic E-state index is 0.160. The number of hydrogen-bond donors (Lipinski definition) is 0. The van der Waals surface area contributed by atoms with Crippen molar-refractivity contribution >= 4 is 5.78 Å². The SMILES string of the molecule is CN(C)C(C)(C)C(=O)c1ccc(F)c(C(F)(F)F)c1. The molecule has 0 aliphatic carbocycles. The van der Waals surface area contributed by atoms with Crippen LogP contribution in [0.15, 0.2) is 18.2 Å². The Labute approximate surface area is 109 Å². The van der Waals surface area contributed by atoms with Crippen molar-refractivity contribution in [1.29, 1.82) is 0 Å². The molecule has 0 spiro atoms. The molecule has 6 heteroatoms. The molecule has 19 heavy (non-hydrogen) atoms. The van der Waals surface area contributed by atoms with Gasteiger partial charge in [0.05, 0.1) is 11.1 Å². The van der Waals surface area contributed by atoms with Crippen molar-refractivity contribution in [1.82, 2.24) is 4.90 Å². The molecule has 0 bridgehead atoms. The van der Waals surface area contributed by atoms with Gasteiger partial charge < -0.3 is 0 Å². The lowest BCUT2D eigenvalue weighted by Crippen LogP contribution is -2.45. The van der Waals surface area contributed by atoms with Gasteiger partial charge in [0.25, 0.3) is 0 Å². The summed E-state index contributed by atoms with van der Waals surface area (Å²) in [7, 11) is 3.29. The smallest absolute Gasteiger partial charge is 0.297 e. The van der Waals surface area contributed by atoms with Gasteiger partial charge in [-0.05, 0) is 46.1 Å². The van der Waals surface area contributed by atoms with E-state index < -0.39 is 28.9 Å². The van der Waals surface area contributed by atoms with E-state index in [-0.39, 0.29) is 5.56 Å². The lowest BCUT2D eigenvalue weighted by molar-refractivity contribution is -0.140. The number of alkyl halides is 3. The molecule has 1 aromatic carbocycles. The van der Waals surface area contributed by atoms with Gasteiger partial charge in [-0.25, -0.2) is 4.39 Å². The van der Waals surface area contributed by atoms with Gasteiger partial charge in [-0.15, -0.1) is 0 Å². The van der Waals surface area contributed by atoms with Crippen LogP contribution in [0.2, 0.25) is 0 Å². The number of ketones is 1. The normalized spacial score (nSPS) is 12.9. The van der Waals surface area contributed by atoms with Gasteiger partial charge >= 0.3 is 6.18 Å². The summed E-state index contributed by atoms with van der Waals surface area (Å²) in [5.74, 6) is -1.88. The minimum Gasteiger partial charge on any atom is -0.297 e. The van der Waals surface area contributed by atoms with Gasteiger partial charge in [-0.1, -0.05) is 0 Å². The maximum Gasteiger partial charge on any atom is 0.419 e. The highest BCUT2D eigenvalue weighted by molar-refractivity contribution is 6.02. The van der Waals surface area contributed by atoms with E-state index in [4.69, 9.17) is 0 Å². The van der Waals surface area contributed by atoms with Crippen molar-refractivity contribution in [2.24, 2.45) is 0 Å². The van der Waals surface area contributed by atoms with E-state index in [0.717, 1.165) is 6.07 Å². The van der Waals surface area contributed by atoms with E-state index in [1.54, 1.807) is 32.8 Å². The van der Waals surface area contributed by atoms with Crippen LogP contribution < -0.4 is 0 Å². The highest BCUT2D eigenvalue weighted by Gasteiger charge is 2.37. The van der Waals surface area contributed by atoms with Gasteiger partial charge in [-0.3, -0.25) is 9.69 Å². The molecule has 0 heterocycles. The number of carbonyl (C=O) groups excluding carboxylic acids is 1. The predicted molar refractivity (Wildman–Crippen MR) is 63.5 cm³/mol. The molecule has 0 unspecified atom stereocenters. The zero-order valence-corrected chi connectivity index (χ0v) is 11.1. The Morgan fingerprint density at radius 3 is 2.11 bits per heavy atom. The number of rotatable bonds is 3. The average molecular weight is 277 g/mol. The topological polar surface area (TPSA) is 20.3 Å². The van der Waals surface area contributed by atoms with Crippen LogP contribution in [0, 0.1) is 5.82 Å². The molecule has 0 aliphatic rings. The molecular formula is C13H15F4NO. The van der Waals surface area contributed by atoms with Crippen LogP contribution >= 0.6 is 0 Å². The number of nitrogens with zero attached hydrogens (tertiary/aromatic N) is 1. The van der Waals surface area contributed by atoms with E-state index in [1.807, 2.05) is 0 Å². The largest absolute Gasteiger partial charge is 0.419 e. The summed E-state index contributed by atoms with van der Waals surface area (Å²) >= 11 is 0. The third kappa shape index (κ3) is 3.12. The average Bonchev–Trinajstić information content (AvgIpc) is 2.26. The van der Waals surface area contributed by atoms with Crippen LogP contribution in [-0.4, -0.2) is 30.3 Å². The van der Waals surface area contributed by atoms with Crippen LogP contribution in [-0.2, 0) is 6.18 Å². The second-order valence-electron chi connectivity index (χ2n) is 4.97. The molecule has 0 N–H and O–H groups in total. The van der Waals surface area contributed by atoms with Crippen molar-refractivity contribution in [3.63, 3.8) is 0 Å². The van der Waals surface area contributed by atoms with Crippen molar-refractivity contribution < 1.29 is 22.4 Å². The molecule has 106 valence electrons. The molecule has 1 aromatic rings. The molecule has 1 rings (SSSR count). The van der Waals surface area contributed by atoms with Gasteiger partial charge in [-0.2, -0.15) is 13.2 Å². The first-order chi connectivity index (χ1) is 8.48. The third-order valence-corrected chi connectivity index (χ3v) is 3.21. The summed E-state index contributed by atoms with van der Waals surface area (Å²) in [5.41, 5.74) is -2.55. The number of halogens is 4. The maximum atomic E-state index is 13.1. The monoisotopic (exact) mass is 277 g/mol. The second kappa shape index (κ2) is 4.92. The summed E-state index contributed by atoms with van der Waals surface area (Å²) < 4.78 is 50.9. The van der Waals surface area contributed by atoms with Crippen LogP contribution in [0.3, 0.4) is 0 Å². The van der Waals surface area contributed by atoms with Crippen LogP contribution in [0.5, 0.6) is 0 Å². The molecule has 0 radical (unpaired) electrons. The number of Topliss-reactive ketones (excluding diaryl/α,β-unsaturated/α-hetero) is 1. The number of likely N-dealkylation sites (N-methyl/N-ethyl adjacent to an activating group) is 1. The van der Waals surface area contributed by atoms with Crippen molar-refractivity contribution in [2.45, 2.75) is 25.6 Å². The number of hydrogen-bond acceptors (Lipinski definition) is 2. The van der Waals surface area contributed by atoms with Crippen molar-refractivity contribution in [3.05, 3.63) is 35.1 Å². The lowest BCUT2D eigenvalue weighted by Gasteiger charge is -2.31. The van der Waals surface area contributed by atoms with E-state index >= 15 is 0 Å². The predicted octanol–water partition coefficient (Wildman–Crippen LogP) is 3.37. The summed E-state index contributed by atoms with van der Waals surface area (Å²) in [5, 5.41) is 0. The number of carbonyl (C=O) groups is 1. The molecular weight excluding hydrogens is 262 g/mol.